The number of aliphatic carboxylic acids is 2. The van der Waals surface area contributed by atoms with Crippen molar-refractivity contribution in [3.05, 3.63) is 23.3 Å². The molecule has 1 aliphatic heterocycles. The third-order valence-electron chi connectivity index (χ3n) is 1.46. The van der Waals surface area contributed by atoms with Gasteiger partial charge < -0.3 is 19.1 Å². The Morgan fingerprint density at radius 2 is 2.13 bits per heavy atom. The Morgan fingerprint density at radius 3 is 2.60 bits per heavy atom. The van der Waals surface area contributed by atoms with Crippen LogP contribution in [0.1, 0.15) is 0 Å². The van der Waals surface area contributed by atoms with E-state index in [0.29, 0.717) is 5.57 Å². The highest BCUT2D eigenvalue weighted by Crippen LogP contribution is 2.16. The number of ether oxygens (including phenoxy) is 1. The second-order valence-corrected chi connectivity index (χ2v) is 3.18. The quantitative estimate of drug-likeness (QED) is 0.530. The van der Waals surface area contributed by atoms with Crippen LogP contribution in [0, 0.1) is 0 Å². The first-order chi connectivity index (χ1) is 7.11. The molecule has 0 aromatic rings. The molecule has 7 heteroatoms. The molecule has 82 valence electrons. The van der Waals surface area contributed by atoms with Crippen LogP contribution in [0.4, 0.5) is 0 Å². The molecule has 0 spiro atoms. The summed E-state index contributed by atoms with van der Waals surface area (Å²) in [5.74, 6) is -3.04. The lowest BCUT2D eigenvalue weighted by Crippen LogP contribution is -2.33. The first kappa shape index (κ1) is 11.6. The standard InChI is InChI=1S/C8H8O6S/c9-7(10)6(8(11)12)13-3-5-1-2-14-15-4-5/h1-2,4,6H,3H2,(H,9,10)(H,11,12). The van der Waals surface area contributed by atoms with Gasteiger partial charge in [0, 0.05) is 5.41 Å². The third kappa shape index (κ3) is 3.64. The summed E-state index contributed by atoms with van der Waals surface area (Å²) in [7, 11) is 0. The lowest BCUT2D eigenvalue weighted by Gasteiger charge is -2.10. The van der Waals surface area contributed by atoms with Crippen molar-refractivity contribution < 1.29 is 28.7 Å². The van der Waals surface area contributed by atoms with E-state index in [4.69, 9.17) is 19.1 Å². The predicted octanol–water partition coefficient (Wildman–Crippen LogP) is 0.617. The van der Waals surface area contributed by atoms with Crippen molar-refractivity contribution in [3.63, 3.8) is 0 Å². The van der Waals surface area contributed by atoms with Gasteiger partial charge in [0.2, 0.25) is 0 Å². The summed E-state index contributed by atoms with van der Waals surface area (Å²) in [4.78, 5) is 20.9. The van der Waals surface area contributed by atoms with Crippen LogP contribution in [0.2, 0.25) is 0 Å². The van der Waals surface area contributed by atoms with E-state index in [9.17, 15) is 9.59 Å². The predicted molar refractivity (Wildman–Crippen MR) is 50.9 cm³/mol. The summed E-state index contributed by atoms with van der Waals surface area (Å²) >= 11 is 1.05. The van der Waals surface area contributed by atoms with E-state index >= 15 is 0 Å². The summed E-state index contributed by atoms with van der Waals surface area (Å²) < 4.78 is 9.49. The van der Waals surface area contributed by atoms with E-state index < -0.39 is 18.0 Å². The van der Waals surface area contributed by atoms with Gasteiger partial charge in [-0.15, -0.1) is 0 Å². The smallest absolute Gasteiger partial charge is 0.344 e. The molecule has 0 radical (unpaired) electrons. The van der Waals surface area contributed by atoms with Crippen molar-refractivity contribution in [2.45, 2.75) is 6.10 Å². The van der Waals surface area contributed by atoms with Gasteiger partial charge in [-0.2, -0.15) is 0 Å². The Kier molecular flexibility index (Phi) is 4.19. The van der Waals surface area contributed by atoms with E-state index in [1.54, 1.807) is 11.5 Å². The number of hydrogen-bond acceptors (Lipinski definition) is 5. The summed E-state index contributed by atoms with van der Waals surface area (Å²) in [6.07, 6.45) is 1.13. The van der Waals surface area contributed by atoms with Crippen LogP contribution in [-0.4, -0.2) is 34.9 Å². The summed E-state index contributed by atoms with van der Waals surface area (Å²) in [5, 5.41) is 18.6. The number of carboxylic acids is 2. The Labute approximate surface area is 89.4 Å². The molecule has 1 heterocycles. The van der Waals surface area contributed by atoms with Crippen molar-refractivity contribution in [3.8, 4) is 0 Å². The van der Waals surface area contributed by atoms with Crippen LogP contribution in [0.15, 0.2) is 23.3 Å². The van der Waals surface area contributed by atoms with Crippen molar-refractivity contribution >= 4 is 24.0 Å². The first-order valence-corrected chi connectivity index (χ1v) is 4.66. The Hall–Kier alpha value is -1.47. The minimum atomic E-state index is -1.84. The lowest BCUT2D eigenvalue weighted by atomic mass is 10.3. The van der Waals surface area contributed by atoms with E-state index in [1.807, 2.05) is 0 Å². The van der Waals surface area contributed by atoms with Gasteiger partial charge in [0.15, 0.2) is 0 Å². The van der Waals surface area contributed by atoms with Crippen LogP contribution < -0.4 is 0 Å². The SMILES string of the molecule is O=C(O)C(OCC1=CSOC=C1)C(=O)O. The zero-order valence-corrected chi connectivity index (χ0v) is 8.27. The van der Waals surface area contributed by atoms with E-state index in [1.165, 1.54) is 6.26 Å². The first-order valence-electron chi connectivity index (χ1n) is 3.86. The molecule has 0 aromatic heterocycles. The molecular formula is C8H8O6S. The molecule has 1 rings (SSSR count). The second-order valence-electron chi connectivity index (χ2n) is 2.56. The molecular weight excluding hydrogens is 224 g/mol. The number of carboxylic acid groups (broad SMARTS) is 2. The Morgan fingerprint density at radius 1 is 1.47 bits per heavy atom. The fourth-order valence-electron chi connectivity index (χ4n) is 0.786. The number of hydrogen-bond donors (Lipinski definition) is 2. The molecule has 0 aromatic carbocycles. The van der Waals surface area contributed by atoms with Crippen LogP contribution in [0.3, 0.4) is 0 Å². The molecule has 0 amide bonds. The van der Waals surface area contributed by atoms with Crippen molar-refractivity contribution in [1.82, 2.24) is 0 Å². The van der Waals surface area contributed by atoms with Crippen LogP contribution in [-0.2, 0) is 18.5 Å². The maximum atomic E-state index is 10.4. The lowest BCUT2D eigenvalue weighted by molar-refractivity contribution is -0.164. The molecule has 0 unspecified atom stereocenters. The fraction of sp³-hybridized carbons (Fsp3) is 0.250. The average Bonchev–Trinajstić information content (AvgIpc) is 2.18. The molecule has 0 atom stereocenters. The number of rotatable bonds is 5. The molecule has 0 saturated heterocycles. The Bertz CT molecular complexity index is 307. The number of carbonyl (C=O) groups is 2. The maximum Gasteiger partial charge on any atom is 0.344 e. The summed E-state index contributed by atoms with van der Waals surface area (Å²) in [5.41, 5.74) is 0.652. The van der Waals surface area contributed by atoms with Gasteiger partial charge in [-0.25, -0.2) is 9.59 Å². The van der Waals surface area contributed by atoms with Gasteiger partial charge in [0.1, 0.15) is 6.26 Å². The highest BCUT2D eigenvalue weighted by molar-refractivity contribution is 7.97. The van der Waals surface area contributed by atoms with Gasteiger partial charge in [0.05, 0.1) is 18.6 Å². The molecule has 2 N–H and O–H groups in total. The topological polar surface area (TPSA) is 93.1 Å². The zero-order valence-electron chi connectivity index (χ0n) is 7.45. The minimum absolute atomic E-state index is 0.0872. The monoisotopic (exact) mass is 232 g/mol. The normalized spacial score (nSPS) is 14.6. The van der Waals surface area contributed by atoms with E-state index in [2.05, 4.69) is 0 Å². The maximum absolute atomic E-state index is 10.4. The third-order valence-corrected chi connectivity index (χ3v) is 2.08. The molecule has 0 bridgehead atoms. The largest absolute Gasteiger partial charge is 0.479 e. The molecule has 0 aliphatic carbocycles. The van der Waals surface area contributed by atoms with Crippen LogP contribution in [0.5, 0.6) is 0 Å². The minimum Gasteiger partial charge on any atom is -0.479 e. The molecule has 0 fully saturated rings. The van der Waals surface area contributed by atoms with Gasteiger partial charge in [-0.1, -0.05) is 0 Å². The molecule has 1 aliphatic rings. The second kappa shape index (κ2) is 5.42. The summed E-state index contributed by atoms with van der Waals surface area (Å²) in [6, 6.07) is 0. The highest BCUT2D eigenvalue weighted by Gasteiger charge is 2.26. The molecule has 6 nitrogen and oxygen atoms in total. The van der Waals surface area contributed by atoms with Gasteiger partial charge >= 0.3 is 11.9 Å². The van der Waals surface area contributed by atoms with Crippen molar-refractivity contribution in [1.29, 1.82) is 0 Å². The summed E-state index contributed by atoms with van der Waals surface area (Å²) in [6.45, 7) is -0.0872. The van der Waals surface area contributed by atoms with Crippen molar-refractivity contribution in [2.24, 2.45) is 0 Å². The van der Waals surface area contributed by atoms with Gasteiger partial charge in [-0.3, -0.25) is 0 Å². The Balaban J connectivity index is 2.46. The van der Waals surface area contributed by atoms with Crippen LogP contribution >= 0.6 is 12.0 Å². The van der Waals surface area contributed by atoms with Crippen LogP contribution in [0.25, 0.3) is 0 Å². The molecule has 0 saturated carbocycles. The zero-order chi connectivity index (χ0) is 11.3. The van der Waals surface area contributed by atoms with Gasteiger partial charge in [-0.05, 0) is 11.6 Å². The van der Waals surface area contributed by atoms with E-state index in [-0.39, 0.29) is 6.61 Å². The fourth-order valence-corrected chi connectivity index (χ4v) is 1.23. The molecule has 15 heavy (non-hydrogen) atoms. The van der Waals surface area contributed by atoms with E-state index in [0.717, 1.165) is 12.0 Å². The highest BCUT2D eigenvalue weighted by atomic mass is 32.2. The average molecular weight is 232 g/mol. The van der Waals surface area contributed by atoms with Crippen molar-refractivity contribution in [2.75, 3.05) is 6.61 Å². The van der Waals surface area contributed by atoms with Gasteiger partial charge in [0.25, 0.3) is 6.10 Å².